The van der Waals surface area contributed by atoms with Crippen LogP contribution in [0.5, 0.6) is 0 Å². The highest BCUT2D eigenvalue weighted by atomic mass is 32.2. The number of nitrogens with zero attached hydrogens (tertiary/aromatic N) is 4. The summed E-state index contributed by atoms with van der Waals surface area (Å²) < 4.78 is 69.2. The van der Waals surface area contributed by atoms with Gasteiger partial charge in [0.25, 0.3) is 10.0 Å². The Morgan fingerprint density at radius 1 is 1.03 bits per heavy atom. The van der Waals surface area contributed by atoms with Crippen molar-refractivity contribution in [3.8, 4) is 0 Å². The molecule has 1 amide bonds. The molecule has 2 aromatic carbocycles. The summed E-state index contributed by atoms with van der Waals surface area (Å²) in [4.78, 5) is 19.0. The lowest BCUT2D eigenvalue weighted by Crippen LogP contribution is -2.39. The normalized spacial score (nSPS) is 19.1. The summed E-state index contributed by atoms with van der Waals surface area (Å²) in [5.41, 5.74) is 0.676. The van der Waals surface area contributed by atoms with E-state index < -0.39 is 27.8 Å². The van der Waals surface area contributed by atoms with Crippen LogP contribution in [0.1, 0.15) is 35.6 Å². The van der Waals surface area contributed by atoms with Gasteiger partial charge in [0, 0.05) is 45.8 Å². The molecule has 204 valence electrons. The van der Waals surface area contributed by atoms with E-state index in [0.29, 0.717) is 43.7 Å². The van der Waals surface area contributed by atoms with Crippen LogP contribution in [-0.2, 0) is 34.6 Å². The van der Waals surface area contributed by atoms with Gasteiger partial charge in [0.05, 0.1) is 17.9 Å². The average molecular weight is 550 g/mol. The van der Waals surface area contributed by atoms with Crippen LogP contribution in [0.4, 0.5) is 13.2 Å². The van der Waals surface area contributed by atoms with E-state index in [9.17, 15) is 26.4 Å². The van der Waals surface area contributed by atoms with E-state index in [2.05, 4.69) is 10.3 Å². The first-order chi connectivity index (χ1) is 18.0. The van der Waals surface area contributed by atoms with Gasteiger partial charge < -0.3 is 9.88 Å². The first-order valence-electron chi connectivity index (χ1n) is 12.2. The Labute approximate surface area is 220 Å². The van der Waals surface area contributed by atoms with E-state index >= 15 is 0 Å². The predicted octanol–water partition coefficient (Wildman–Crippen LogP) is 3.58. The molecule has 38 heavy (non-hydrogen) atoms. The standard InChI is InChI=1S/C26H30F3N5O3S/c1-32-18-25(31-19-32)38(36,37)34-14-5-13-33(17-20-8-10-22(11-9-20)26(27,28)29)15-12-30-24(35)16-23(34)21-6-3-2-4-7-21/h2-4,6-11,18-19,23H,5,12-17H2,1H3,(H,30,35). The summed E-state index contributed by atoms with van der Waals surface area (Å²) in [5, 5.41) is 2.77. The van der Waals surface area contributed by atoms with Crippen molar-refractivity contribution in [1.82, 2.24) is 24.1 Å². The number of amides is 1. The minimum absolute atomic E-state index is 0.0605. The summed E-state index contributed by atoms with van der Waals surface area (Å²) in [7, 11) is -2.36. The Morgan fingerprint density at radius 2 is 1.74 bits per heavy atom. The highest BCUT2D eigenvalue weighted by Crippen LogP contribution is 2.31. The van der Waals surface area contributed by atoms with Gasteiger partial charge in [0.15, 0.2) is 5.03 Å². The van der Waals surface area contributed by atoms with Gasteiger partial charge in [-0.1, -0.05) is 42.5 Å². The minimum Gasteiger partial charge on any atom is -0.355 e. The number of rotatable bonds is 5. The third-order valence-electron chi connectivity index (χ3n) is 6.46. The molecule has 12 heteroatoms. The molecule has 1 aliphatic rings. The second-order valence-electron chi connectivity index (χ2n) is 9.30. The lowest BCUT2D eigenvalue weighted by molar-refractivity contribution is -0.137. The molecule has 0 bridgehead atoms. The van der Waals surface area contributed by atoms with Gasteiger partial charge in [0.1, 0.15) is 0 Å². The number of sulfonamides is 1. The smallest absolute Gasteiger partial charge is 0.355 e. The van der Waals surface area contributed by atoms with Crippen molar-refractivity contribution >= 4 is 15.9 Å². The van der Waals surface area contributed by atoms with Crippen LogP contribution in [-0.4, -0.2) is 59.3 Å². The molecular formula is C26H30F3N5O3S. The number of imidazole rings is 1. The van der Waals surface area contributed by atoms with Crippen LogP contribution in [0.15, 0.2) is 72.1 Å². The molecule has 0 spiro atoms. The number of hydrogen-bond acceptors (Lipinski definition) is 5. The first kappa shape index (κ1) is 27.8. The van der Waals surface area contributed by atoms with E-state index in [4.69, 9.17) is 0 Å². The second-order valence-corrected chi connectivity index (χ2v) is 11.1. The molecule has 1 aromatic heterocycles. The molecular weight excluding hydrogens is 519 g/mol. The number of carbonyl (C=O) groups is 1. The Hall–Kier alpha value is -3.22. The molecule has 1 fully saturated rings. The Bertz CT molecular complexity index is 1330. The summed E-state index contributed by atoms with van der Waals surface area (Å²) in [6.45, 7) is 1.77. The molecule has 1 aliphatic heterocycles. The van der Waals surface area contributed by atoms with Crippen molar-refractivity contribution in [1.29, 1.82) is 0 Å². The van der Waals surface area contributed by atoms with Crippen LogP contribution in [0.25, 0.3) is 0 Å². The van der Waals surface area contributed by atoms with Gasteiger partial charge in [-0.05, 0) is 36.2 Å². The fourth-order valence-corrected chi connectivity index (χ4v) is 6.15. The van der Waals surface area contributed by atoms with E-state index in [-0.39, 0.29) is 23.9 Å². The number of hydrogen-bond donors (Lipinski definition) is 1. The number of benzene rings is 2. The zero-order chi connectivity index (χ0) is 27.3. The van der Waals surface area contributed by atoms with Gasteiger partial charge in [-0.2, -0.15) is 17.5 Å². The van der Waals surface area contributed by atoms with Gasteiger partial charge in [-0.15, -0.1) is 0 Å². The minimum atomic E-state index is -4.41. The quantitative estimate of drug-likeness (QED) is 0.526. The van der Waals surface area contributed by atoms with E-state index in [1.54, 1.807) is 35.9 Å². The third-order valence-corrected chi connectivity index (χ3v) is 8.25. The fourth-order valence-electron chi connectivity index (χ4n) is 4.53. The molecule has 8 nitrogen and oxygen atoms in total. The van der Waals surface area contributed by atoms with Crippen LogP contribution >= 0.6 is 0 Å². The van der Waals surface area contributed by atoms with Crippen LogP contribution in [0.3, 0.4) is 0 Å². The Balaban J connectivity index is 1.60. The van der Waals surface area contributed by atoms with E-state index in [0.717, 1.165) is 12.1 Å². The maximum atomic E-state index is 13.7. The summed E-state index contributed by atoms with van der Waals surface area (Å²) >= 11 is 0. The highest BCUT2D eigenvalue weighted by molar-refractivity contribution is 7.89. The SMILES string of the molecule is Cn1cnc(S(=O)(=O)N2CCCN(Cc3ccc(C(F)(F)F)cc3)CCNC(=O)CC2c2ccccc2)c1. The maximum Gasteiger partial charge on any atom is 0.416 e. The number of nitrogens with one attached hydrogen (secondary N) is 1. The van der Waals surface area contributed by atoms with Crippen molar-refractivity contribution in [2.75, 3.05) is 26.2 Å². The third kappa shape index (κ3) is 6.80. The maximum absolute atomic E-state index is 13.7. The summed E-state index contributed by atoms with van der Waals surface area (Å²) in [5.74, 6) is -0.295. The lowest BCUT2D eigenvalue weighted by atomic mass is 10.0. The average Bonchev–Trinajstić information content (AvgIpc) is 3.31. The molecule has 4 rings (SSSR count). The zero-order valence-electron chi connectivity index (χ0n) is 20.9. The highest BCUT2D eigenvalue weighted by Gasteiger charge is 2.35. The van der Waals surface area contributed by atoms with Crippen molar-refractivity contribution < 1.29 is 26.4 Å². The molecule has 1 N–H and O–H groups in total. The van der Waals surface area contributed by atoms with Gasteiger partial charge in [-0.3, -0.25) is 9.69 Å². The second kappa shape index (κ2) is 11.7. The molecule has 2 heterocycles. The molecule has 1 unspecified atom stereocenters. The van der Waals surface area contributed by atoms with Crippen molar-refractivity contribution in [3.63, 3.8) is 0 Å². The largest absolute Gasteiger partial charge is 0.416 e. The number of alkyl halides is 3. The molecule has 3 aromatic rings. The van der Waals surface area contributed by atoms with Crippen molar-refractivity contribution in [2.24, 2.45) is 7.05 Å². The lowest BCUT2D eigenvalue weighted by Gasteiger charge is -2.30. The van der Waals surface area contributed by atoms with Crippen molar-refractivity contribution in [2.45, 2.75) is 36.6 Å². The Kier molecular flexibility index (Phi) is 8.54. The van der Waals surface area contributed by atoms with E-state index in [1.807, 2.05) is 11.0 Å². The monoisotopic (exact) mass is 549 g/mol. The van der Waals surface area contributed by atoms with Gasteiger partial charge in [-0.25, -0.2) is 13.4 Å². The van der Waals surface area contributed by atoms with E-state index in [1.165, 1.54) is 29.0 Å². The van der Waals surface area contributed by atoms with Crippen molar-refractivity contribution in [3.05, 3.63) is 83.8 Å². The Morgan fingerprint density at radius 3 is 2.37 bits per heavy atom. The number of aromatic nitrogens is 2. The zero-order valence-corrected chi connectivity index (χ0v) is 21.8. The van der Waals surface area contributed by atoms with Crippen LogP contribution in [0, 0.1) is 0 Å². The fraction of sp³-hybridized carbons (Fsp3) is 0.385. The van der Waals surface area contributed by atoms with Gasteiger partial charge in [0.2, 0.25) is 5.91 Å². The topological polar surface area (TPSA) is 87.5 Å². The van der Waals surface area contributed by atoms with Crippen LogP contribution in [0.2, 0.25) is 0 Å². The number of carbonyl (C=O) groups excluding carboxylic acids is 1. The number of halogens is 3. The number of aryl methyl sites for hydroxylation is 1. The molecule has 0 radical (unpaired) electrons. The predicted molar refractivity (Wildman–Crippen MR) is 135 cm³/mol. The first-order valence-corrected chi connectivity index (χ1v) is 13.7. The molecule has 0 saturated carbocycles. The van der Waals surface area contributed by atoms with Crippen LogP contribution < -0.4 is 5.32 Å². The summed E-state index contributed by atoms with van der Waals surface area (Å²) in [6.07, 6.45) is -1.18. The summed E-state index contributed by atoms with van der Waals surface area (Å²) in [6, 6.07) is 13.3. The van der Waals surface area contributed by atoms with Gasteiger partial charge >= 0.3 is 6.18 Å². The molecule has 1 atom stereocenters. The molecule has 1 saturated heterocycles. The molecule has 0 aliphatic carbocycles.